The Morgan fingerprint density at radius 1 is 1.39 bits per heavy atom. The summed E-state index contributed by atoms with van der Waals surface area (Å²) >= 11 is 0. The van der Waals surface area contributed by atoms with E-state index in [1.807, 2.05) is 13.0 Å². The molecule has 0 spiro atoms. The van der Waals surface area contributed by atoms with Crippen LogP contribution in [0.4, 0.5) is 0 Å². The van der Waals surface area contributed by atoms with Gasteiger partial charge in [-0.25, -0.2) is 0 Å². The van der Waals surface area contributed by atoms with Gasteiger partial charge in [0.25, 0.3) is 0 Å². The highest BCUT2D eigenvalue weighted by Gasteiger charge is 2.26. The lowest BCUT2D eigenvalue weighted by molar-refractivity contribution is 0.140. The molecule has 1 N–H and O–H groups in total. The Balaban J connectivity index is 1.90. The summed E-state index contributed by atoms with van der Waals surface area (Å²) in [5.74, 6) is 1.53. The molecule has 0 aliphatic carbocycles. The predicted octanol–water partition coefficient (Wildman–Crippen LogP) is 2.77. The minimum absolute atomic E-state index is 0.400. The van der Waals surface area contributed by atoms with Gasteiger partial charge >= 0.3 is 0 Å². The summed E-state index contributed by atoms with van der Waals surface area (Å²) in [7, 11) is 0. The van der Waals surface area contributed by atoms with Gasteiger partial charge in [0.15, 0.2) is 0 Å². The summed E-state index contributed by atoms with van der Waals surface area (Å²) in [6.45, 7) is 7.68. The largest absolute Gasteiger partial charge is 0.493 e. The van der Waals surface area contributed by atoms with Crippen molar-refractivity contribution in [2.75, 3.05) is 26.4 Å². The first-order valence-corrected chi connectivity index (χ1v) is 6.85. The lowest BCUT2D eigenvalue weighted by atomic mass is 9.92. The van der Waals surface area contributed by atoms with Crippen molar-refractivity contribution < 1.29 is 9.47 Å². The Labute approximate surface area is 109 Å². The average molecular weight is 249 g/mol. The minimum Gasteiger partial charge on any atom is -0.493 e. The molecule has 1 aliphatic heterocycles. The zero-order valence-electron chi connectivity index (χ0n) is 11.3. The van der Waals surface area contributed by atoms with E-state index in [0.29, 0.717) is 12.0 Å². The Bertz CT molecular complexity index is 367. The predicted molar refractivity (Wildman–Crippen MR) is 73.0 cm³/mol. The number of benzene rings is 1. The molecule has 1 aliphatic rings. The highest BCUT2D eigenvalue weighted by Crippen LogP contribution is 2.34. The first kappa shape index (κ1) is 13.4. The van der Waals surface area contributed by atoms with E-state index in [9.17, 15) is 0 Å². The topological polar surface area (TPSA) is 30.5 Å². The van der Waals surface area contributed by atoms with E-state index in [-0.39, 0.29) is 0 Å². The van der Waals surface area contributed by atoms with Gasteiger partial charge in [-0.2, -0.15) is 0 Å². The molecule has 100 valence electrons. The van der Waals surface area contributed by atoms with Crippen LogP contribution in [0, 0.1) is 5.92 Å². The number of fused-ring (bicyclic) bond motifs is 1. The second-order valence-corrected chi connectivity index (χ2v) is 4.81. The van der Waals surface area contributed by atoms with Crippen LogP contribution >= 0.6 is 0 Å². The normalized spacial score (nSPS) is 22.3. The van der Waals surface area contributed by atoms with Crippen molar-refractivity contribution in [2.24, 2.45) is 5.92 Å². The smallest absolute Gasteiger partial charge is 0.124 e. The highest BCUT2D eigenvalue weighted by molar-refractivity contribution is 5.37. The lowest BCUT2D eigenvalue weighted by Crippen LogP contribution is -2.34. The molecule has 1 aromatic rings. The first-order valence-electron chi connectivity index (χ1n) is 6.85. The van der Waals surface area contributed by atoms with E-state index in [4.69, 9.17) is 9.47 Å². The van der Waals surface area contributed by atoms with Crippen molar-refractivity contribution in [1.82, 2.24) is 5.32 Å². The maximum absolute atomic E-state index is 5.75. The molecule has 0 bridgehead atoms. The molecule has 0 aromatic heterocycles. The number of ether oxygens (including phenoxy) is 2. The molecule has 3 heteroatoms. The van der Waals surface area contributed by atoms with Gasteiger partial charge in [-0.05, 0) is 26.0 Å². The van der Waals surface area contributed by atoms with Crippen molar-refractivity contribution >= 4 is 0 Å². The summed E-state index contributed by atoms with van der Waals surface area (Å²) in [5, 5.41) is 3.63. The van der Waals surface area contributed by atoms with Gasteiger partial charge in [-0.15, -0.1) is 0 Å². The zero-order valence-corrected chi connectivity index (χ0v) is 11.3. The van der Waals surface area contributed by atoms with Gasteiger partial charge in [0.1, 0.15) is 5.75 Å². The van der Waals surface area contributed by atoms with E-state index in [1.165, 1.54) is 5.56 Å². The molecule has 1 aromatic carbocycles. The molecule has 0 fully saturated rings. The highest BCUT2D eigenvalue weighted by atomic mass is 16.5. The molecule has 2 atom stereocenters. The van der Waals surface area contributed by atoms with E-state index >= 15 is 0 Å². The van der Waals surface area contributed by atoms with Crippen LogP contribution in [-0.2, 0) is 4.74 Å². The quantitative estimate of drug-likeness (QED) is 0.786. The number of hydrogen-bond acceptors (Lipinski definition) is 3. The monoisotopic (exact) mass is 249 g/mol. The fourth-order valence-corrected chi connectivity index (χ4v) is 2.38. The van der Waals surface area contributed by atoms with Crippen LogP contribution in [-0.4, -0.2) is 26.4 Å². The third kappa shape index (κ3) is 3.24. The first-order chi connectivity index (χ1) is 8.83. The van der Waals surface area contributed by atoms with Crippen molar-refractivity contribution in [3.05, 3.63) is 29.8 Å². The number of nitrogens with one attached hydrogen (secondary N) is 1. The van der Waals surface area contributed by atoms with Crippen molar-refractivity contribution in [1.29, 1.82) is 0 Å². The van der Waals surface area contributed by atoms with Crippen molar-refractivity contribution in [3.63, 3.8) is 0 Å². The summed E-state index contributed by atoms with van der Waals surface area (Å²) in [5.41, 5.74) is 1.28. The second kappa shape index (κ2) is 6.76. The fourth-order valence-electron chi connectivity index (χ4n) is 2.38. The average Bonchev–Trinajstić information content (AvgIpc) is 2.41. The number of hydrogen-bond donors (Lipinski definition) is 1. The molecular weight excluding hydrogens is 226 g/mol. The van der Waals surface area contributed by atoms with E-state index in [2.05, 4.69) is 30.4 Å². The van der Waals surface area contributed by atoms with Crippen LogP contribution in [0.15, 0.2) is 24.3 Å². The summed E-state index contributed by atoms with van der Waals surface area (Å²) in [6, 6.07) is 8.72. The molecule has 0 radical (unpaired) electrons. The van der Waals surface area contributed by atoms with Gasteiger partial charge in [0.05, 0.1) is 6.61 Å². The van der Waals surface area contributed by atoms with Gasteiger partial charge in [-0.1, -0.05) is 25.1 Å². The zero-order chi connectivity index (χ0) is 12.8. The Hall–Kier alpha value is -1.06. The third-order valence-corrected chi connectivity index (χ3v) is 3.36. The molecule has 1 heterocycles. The summed E-state index contributed by atoms with van der Waals surface area (Å²) in [6.07, 6.45) is 1.06. The number of para-hydroxylation sites is 1. The maximum Gasteiger partial charge on any atom is 0.124 e. The van der Waals surface area contributed by atoms with Crippen LogP contribution in [0.3, 0.4) is 0 Å². The fraction of sp³-hybridized carbons (Fsp3) is 0.600. The van der Waals surface area contributed by atoms with Gasteiger partial charge in [-0.3, -0.25) is 0 Å². The van der Waals surface area contributed by atoms with Gasteiger partial charge < -0.3 is 14.8 Å². The van der Waals surface area contributed by atoms with E-state index < -0.39 is 0 Å². The van der Waals surface area contributed by atoms with Crippen molar-refractivity contribution in [3.8, 4) is 5.75 Å². The van der Waals surface area contributed by atoms with Crippen LogP contribution < -0.4 is 10.1 Å². The van der Waals surface area contributed by atoms with Crippen LogP contribution in [0.5, 0.6) is 5.75 Å². The summed E-state index contributed by atoms with van der Waals surface area (Å²) in [4.78, 5) is 0. The molecule has 3 nitrogen and oxygen atoms in total. The van der Waals surface area contributed by atoms with Gasteiger partial charge in [0.2, 0.25) is 0 Å². The Morgan fingerprint density at radius 3 is 3.06 bits per heavy atom. The lowest BCUT2D eigenvalue weighted by Gasteiger charge is -2.32. The van der Waals surface area contributed by atoms with Crippen LogP contribution in [0.25, 0.3) is 0 Å². The molecule has 2 unspecified atom stereocenters. The second-order valence-electron chi connectivity index (χ2n) is 4.81. The molecular formula is C15H23NO2. The molecule has 0 saturated carbocycles. The van der Waals surface area contributed by atoms with Crippen LogP contribution in [0.1, 0.15) is 31.9 Å². The SMILES string of the molecule is CCOCCCNC1c2ccccc2OCC1C. The Kier molecular flexibility index (Phi) is 5.02. The maximum atomic E-state index is 5.75. The standard InChI is InChI=1S/C15H23NO2/c1-3-17-10-6-9-16-15-12(2)11-18-14-8-5-4-7-13(14)15/h4-5,7-8,12,15-16H,3,6,9-11H2,1-2H3. The van der Waals surface area contributed by atoms with Crippen molar-refractivity contribution in [2.45, 2.75) is 26.3 Å². The molecule has 2 rings (SSSR count). The van der Waals surface area contributed by atoms with E-state index in [1.54, 1.807) is 0 Å². The third-order valence-electron chi connectivity index (χ3n) is 3.36. The number of rotatable bonds is 6. The molecule has 18 heavy (non-hydrogen) atoms. The summed E-state index contributed by atoms with van der Waals surface area (Å²) < 4.78 is 11.1. The molecule has 0 amide bonds. The minimum atomic E-state index is 0.400. The Morgan fingerprint density at radius 2 is 2.22 bits per heavy atom. The molecule has 0 saturated heterocycles. The van der Waals surface area contributed by atoms with E-state index in [0.717, 1.165) is 38.5 Å². The van der Waals surface area contributed by atoms with Gasteiger partial charge in [0, 0.05) is 30.7 Å². The van der Waals surface area contributed by atoms with Crippen LogP contribution in [0.2, 0.25) is 0 Å².